The number of H-pyrrole nitrogens is 1. The van der Waals surface area contributed by atoms with Gasteiger partial charge in [-0.05, 0) is 49.0 Å². The summed E-state index contributed by atoms with van der Waals surface area (Å²) < 4.78 is 26.9. The Morgan fingerprint density at radius 3 is 2.60 bits per heavy atom. The third-order valence-electron chi connectivity index (χ3n) is 6.96. The van der Waals surface area contributed by atoms with Crippen LogP contribution in [0.3, 0.4) is 0 Å². The summed E-state index contributed by atoms with van der Waals surface area (Å²) in [5, 5.41) is 13.3. The Kier molecular flexibility index (Phi) is 8.89. The molecule has 0 spiro atoms. The molecule has 12 heteroatoms. The van der Waals surface area contributed by atoms with E-state index in [-0.39, 0.29) is 29.1 Å². The van der Waals surface area contributed by atoms with Crippen molar-refractivity contribution < 1.29 is 18.3 Å². The normalized spacial score (nSPS) is 15.3. The number of rotatable bonds is 8. The number of aromatic hydroxyl groups is 1. The van der Waals surface area contributed by atoms with Gasteiger partial charge >= 0.3 is 0 Å². The number of aromatic amines is 1. The number of fused-ring (bicyclic) bond motifs is 1. The topological polar surface area (TPSA) is 132 Å². The number of likely N-dealkylation sites (N-methyl/N-ethyl adjacent to an activating group) is 1. The van der Waals surface area contributed by atoms with Crippen LogP contribution >= 0.6 is 12.4 Å². The molecule has 1 unspecified atom stereocenters. The molecule has 1 aromatic carbocycles. The lowest BCUT2D eigenvalue weighted by molar-refractivity contribution is 0.0951. The molecule has 210 valence electrons. The fraction of sp³-hybridized carbons (Fsp3) is 0.250. The van der Waals surface area contributed by atoms with Crippen LogP contribution in [0.2, 0.25) is 0 Å². The summed E-state index contributed by atoms with van der Waals surface area (Å²) in [6.45, 7) is 6.91. The van der Waals surface area contributed by atoms with Crippen LogP contribution in [0.4, 0.5) is 0 Å². The van der Waals surface area contributed by atoms with E-state index >= 15 is 0 Å². The number of nitrogens with one attached hydrogen (secondary N) is 2. The summed E-state index contributed by atoms with van der Waals surface area (Å²) in [5.41, 5.74) is 2.66. The number of hydrogen-bond donors (Lipinski definition) is 3. The van der Waals surface area contributed by atoms with E-state index in [0.29, 0.717) is 47.4 Å². The van der Waals surface area contributed by atoms with E-state index in [9.17, 15) is 18.3 Å². The summed E-state index contributed by atoms with van der Waals surface area (Å²) in [7, 11) is -1.75. The average Bonchev–Trinajstić information content (AvgIpc) is 3.28. The highest BCUT2D eigenvalue weighted by molar-refractivity contribution is 7.92. The molecule has 3 N–H and O–H groups in total. The zero-order valence-corrected chi connectivity index (χ0v) is 23.6. The summed E-state index contributed by atoms with van der Waals surface area (Å²) in [4.78, 5) is 28.3. The number of amides is 1. The van der Waals surface area contributed by atoms with Gasteiger partial charge in [0.1, 0.15) is 5.37 Å². The molecule has 1 fully saturated rings. The maximum atomic E-state index is 13.4. The molecule has 0 radical (unpaired) electrons. The monoisotopic (exact) mass is 582 g/mol. The standard InChI is InChI=1S/C28H30N6O4S.ClH/c1-3-25(34-13-11-33(2)12-14-34)39(37,38)21-7-9-24(30-18-21)26-22-15-20(6-8-23(22)32-28(26)36)27(35)31-17-19-5-4-10-29-16-19;/h3-10,15-16,18,25,32,36H,1,11-14,17H2,2H3,(H,31,35);1H. The third kappa shape index (κ3) is 5.87. The first-order chi connectivity index (χ1) is 18.8. The number of benzene rings is 1. The van der Waals surface area contributed by atoms with Crippen molar-refractivity contribution in [2.24, 2.45) is 0 Å². The number of carbonyl (C=O) groups is 1. The Morgan fingerprint density at radius 2 is 1.95 bits per heavy atom. The predicted molar refractivity (Wildman–Crippen MR) is 156 cm³/mol. The van der Waals surface area contributed by atoms with Gasteiger partial charge in [0.25, 0.3) is 5.91 Å². The Morgan fingerprint density at radius 1 is 1.18 bits per heavy atom. The summed E-state index contributed by atoms with van der Waals surface area (Å²) >= 11 is 0. The van der Waals surface area contributed by atoms with Crippen LogP contribution in [-0.4, -0.2) is 82.8 Å². The van der Waals surface area contributed by atoms with Gasteiger partial charge in [0.15, 0.2) is 15.7 Å². The van der Waals surface area contributed by atoms with Gasteiger partial charge in [0, 0.05) is 67.8 Å². The first-order valence-corrected chi connectivity index (χ1v) is 14.1. The van der Waals surface area contributed by atoms with Gasteiger partial charge in [0.05, 0.1) is 16.2 Å². The van der Waals surface area contributed by atoms with Crippen molar-refractivity contribution in [3.05, 3.63) is 84.8 Å². The SMILES string of the molecule is C=CC(N1CCN(C)CC1)S(=O)(=O)c1ccc(-c2c(O)[nH]c3ccc(C(=O)NCc4cccnc4)cc23)nc1.Cl. The van der Waals surface area contributed by atoms with Crippen molar-refractivity contribution in [2.45, 2.75) is 16.8 Å². The number of aromatic nitrogens is 3. The predicted octanol–water partition coefficient (Wildman–Crippen LogP) is 3.22. The van der Waals surface area contributed by atoms with E-state index in [1.807, 2.05) is 18.0 Å². The largest absolute Gasteiger partial charge is 0.494 e. The fourth-order valence-electron chi connectivity index (χ4n) is 4.75. The second-order valence-corrected chi connectivity index (χ2v) is 11.6. The van der Waals surface area contributed by atoms with Gasteiger partial charge in [-0.1, -0.05) is 12.1 Å². The fourth-order valence-corrected chi connectivity index (χ4v) is 6.34. The van der Waals surface area contributed by atoms with E-state index in [4.69, 9.17) is 0 Å². The van der Waals surface area contributed by atoms with Crippen LogP contribution in [0.25, 0.3) is 22.2 Å². The first kappa shape index (κ1) is 29.2. The van der Waals surface area contributed by atoms with Gasteiger partial charge in [-0.3, -0.25) is 19.7 Å². The second-order valence-electron chi connectivity index (χ2n) is 9.54. The Bertz CT molecular complexity index is 1600. The van der Waals surface area contributed by atoms with Gasteiger partial charge < -0.3 is 20.3 Å². The van der Waals surface area contributed by atoms with Crippen molar-refractivity contribution in [1.82, 2.24) is 30.1 Å². The molecule has 0 bridgehead atoms. The van der Waals surface area contributed by atoms with Gasteiger partial charge in [-0.15, -0.1) is 19.0 Å². The Labute approximate surface area is 239 Å². The number of sulfone groups is 1. The van der Waals surface area contributed by atoms with Crippen LogP contribution in [0.5, 0.6) is 5.88 Å². The highest BCUT2D eigenvalue weighted by atomic mass is 35.5. The summed E-state index contributed by atoms with van der Waals surface area (Å²) in [6.07, 6.45) is 6.12. The van der Waals surface area contributed by atoms with E-state index in [0.717, 1.165) is 18.7 Å². The number of hydrogen-bond acceptors (Lipinski definition) is 8. The number of carbonyl (C=O) groups excluding carboxylic acids is 1. The van der Waals surface area contributed by atoms with Crippen molar-refractivity contribution in [3.8, 4) is 17.1 Å². The zero-order chi connectivity index (χ0) is 27.6. The molecule has 3 aromatic heterocycles. The summed E-state index contributed by atoms with van der Waals surface area (Å²) in [6, 6.07) is 11.8. The quantitative estimate of drug-likeness (QED) is 0.270. The minimum atomic E-state index is -3.75. The summed E-state index contributed by atoms with van der Waals surface area (Å²) in [5.74, 6) is -0.399. The molecular formula is C28H31ClN6O4S. The maximum absolute atomic E-state index is 13.4. The van der Waals surface area contributed by atoms with Crippen LogP contribution in [-0.2, 0) is 16.4 Å². The minimum absolute atomic E-state index is 0. The molecule has 10 nitrogen and oxygen atoms in total. The van der Waals surface area contributed by atoms with Crippen LogP contribution in [0.15, 0.2) is 78.6 Å². The van der Waals surface area contributed by atoms with Gasteiger partial charge in [-0.25, -0.2) is 8.42 Å². The van der Waals surface area contributed by atoms with Crippen molar-refractivity contribution in [2.75, 3.05) is 33.2 Å². The molecular weight excluding hydrogens is 552 g/mol. The van der Waals surface area contributed by atoms with Crippen LogP contribution < -0.4 is 5.32 Å². The average molecular weight is 583 g/mol. The third-order valence-corrected chi connectivity index (χ3v) is 8.98. The number of nitrogens with zero attached hydrogens (tertiary/aromatic N) is 4. The smallest absolute Gasteiger partial charge is 0.251 e. The van der Waals surface area contributed by atoms with E-state index in [2.05, 4.69) is 31.7 Å². The molecule has 0 saturated carbocycles. The van der Waals surface area contributed by atoms with Crippen LogP contribution in [0, 0.1) is 0 Å². The molecule has 1 saturated heterocycles. The molecule has 1 atom stereocenters. The zero-order valence-electron chi connectivity index (χ0n) is 21.9. The Hall–Kier alpha value is -3.77. The van der Waals surface area contributed by atoms with E-state index < -0.39 is 15.2 Å². The highest BCUT2D eigenvalue weighted by Gasteiger charge is 2.32. The van der Waals surface area contributed by atoms with Crippen molar-refractivity contribution >= 4 is 39.1 Å². The second kappa shape index (κ2) is 12.2. The molecule has 1 aliphatic heterocycles. The van der Waals surface area contributed by atoms with Crippen molar-refractivity contribution in [1.29, 1.82) is 0 Å². The molecule has 4 aromatic rings. The molecule has 0 aliphatic carbocycles. The molecule has 40 heavy (non-hydrogen) atoms. The highest BCUT2D eigenvalue weighted by Crippen LogP contribution is 2.36. The lowest BCUT2D eigenvalue weighted by Gasteiger charge is -2.36. The van der Waals surface area contributed by atoms with E-state index in [1.165, 1.54) is 18.3 Å². The number of pyridine rings is 2. The van der Waals surface area contributed by atoms with Crippen molar-refractivity contribution in [3.63, 3.8) is 0 Å². The lowest BCUT2D eigenvalue weighted by Crippen LogP contribution is -2.50. The lowest BCUT2D eigenvalue weighted by atomic mass is 10.1. The minimum Gasteiger partial charge on any atom is -0.494 e. The van der Waals surface area contributed by atoms with Gasteiger partial charge in [-0.2, -0.15) is 0 Å². The molecule has 5 rings (SSSR count). The Balaban J connectivity index is 0.00000370. The number of halogens is 1. The molecule has 4 heterocycles. The first-order valence-electron chi connectivity index (χ1n) is 12.5. The van der Waals surface area contributed by atoms with Gasteiger partial charge in [0.2, 0.25) is 0 Å². The maximum Gasteiger partial charge on any atom is 0.251 e. The van der Waals surface area contributed by atoms with Crippen LogP contribution in [0.1, 0.15) is 15.9 Å². The van der Waals surface area contributed by atoms with E-state index in [1.54, 1.807) is 42.7 Å². The molecule has 1 aliphatic rings. The molecule has 1 amide bonds. The number of piperazine rings is 1.